The summed E-state index contributed by atoms with van der Waals surface area (Å²) in [6, 6.07) is 9.44. The van der Waals surface area contributed by atoms with Crippen LogP contribution in [0.1, 0.15) is 28.8 Å². The molecule has 1 aliphatic rings. The lowest BCUT2D eigenvalue weighted by Gasteiger charge is -2.26. The van der Waals surface area contributed by atoms with E-state index in [4.69, 9.17) is 9.47 Å². The van der Waals surface area contributed by atoms with Gasteiger partial charge in [-0.3, -0.25) is 14.4 Å². The van der Waals surface area contributed by atoms with E-state index in [9.17, 15) is 27.2 Å². The van der Waals surface area contributed by atoms with E-state index in [-0.39, 0.29) is 47.9 Å². The Morgan fingerprint density at radius 2 is 1.74 bits per heavy atom. The number of nitrogens with zero attached hydrogens (tertiary/aromatic N) is 1. The number of benzene rings is 2. The molecule has 1 saturated heterocycles. The van der Waals surface area contributed by atoms with E-state index < -0.39 is 34.3 Å². The van der Waals surface area contributed by atoms with E-state index in [1.807, 2.05) is 0 Å². The molecule has 9 nitrogen and oxygen atoms in total. The fourth-order valence-corrected chi connectivity index (χ4v) is 4.95. The smallest absolute Gasteiger partial charge is 0.306 e. The molecule has 1 aliphatic heterocycles. The van der Waals surface area contributed by atoms with E-state index in [2.05, 4.69) is 5.32 Å². The summed E-state index contributed by atoms with van der Waals surface area (Å²) in [4.78, 5) is 36.2. The molecule has 0 radical (unpaired) electrons. The van der Waals surface area contributed by atoms with Gasteiger partial charge in [0, 0.05) is 30.8 Å². The van der Waals surface area contributed by atoms with Gasteiger partial charge in [0.05, 0.1) is 24.5 Å². The average molecular weight is 493 g/mol. The summed E-state index contributed by atoms with van der Waals surface area (Å²) in [5, 5.41) is 2.51. The van der Waals surface area contributed by atoms with Gasteiger partial charge in [0.2, 0.25) is 10.0 Å². The molecule has 0 atom stereocenters. The number of anilines is 1. The molecule has 1 heterocycles. The predicted molar refractivity (Wildman–Crippen MR) is 120 cm³/mol. The zero-order chi connectivity index (χ0) is 24.7. The van der Waals surface area contributed by atoms with Gasteiger partial charge < -0.3 is 14.8 Å². The van der Waals surface area contributed by atoms with Crippen molar-refractivity contribution in [1.29, 1.82) is 0 Å². The number of amides is 1. The SMILES string of the molecule is Cc1ccc(NC(=O)COC(=O)CCC(=O)c2ccc(F)cc2)cc1S(=O)(=O)N1CCOCC1. The standard InChI is InChI=1S/C23H25FN2O7S/c1-16-2-7-19(14-21(16)34(30,31)26-10-12-32-13-11-26)25-22(28)15-33-23(29)9-8-20(27)17-3-5-18(24)6-4-17/h2-7,14H,8-13,15H2,1H3,(H,25,28). The molecular weight excluding hydrogens is 467 g/mol. The molecule has 11 heteroatoms. The highest BCUT2D eigenvalue weighted by molar-refractivity contribution is 7.89. The number of rotatable bonds is 9. The Labute approximate surface area is 196 Å². The largest absolute Gasteiger partial charge is 0.456 e. The fraction of sp³-hybridized carbons (Fsp3) is 0.348. The third-order valence-electron chi connectivity index (χ3n) is 5.15. The summed E-state index contributed by atoms with van der Waals surface area (Å²) in [6.45, 7) is 2.19. The monoisotopic (exact) mass is 492 g/mol. The Balaban J connectivity index is 1.51. The minimum atomic E-state index is -3.75. The number of hydrogen-bond donors (Lipinski definition) is 1. The summed E-state index contributed by atoms with van der Waals surface area (Å²) >= 11 is 0. The molecule has 182 valence electrons. The zero-order valence-corrected chi connectivity index (χ0v) is 19.4. The van der Waals surface area contributed by atoms with Crippen LogP contribution in [0.15, 0.2) is 47.4 Å². The van der Waals surface area contributed by atoms with Gasteiger partial charge in [0.1, 0.15) is 5.82 Å². The maximum absolute atomic E-state index is 12.9. The van der Waals surface area contributed by atoms with Gasteiger partial charge in [0.15, 0.2) is 12.4 Å². The molecule has 0 aromatic heterocycles. The van der Waals surface area contributed by atoms with Crippen LogP contribution in [0.5, 0.6) is 0 Å². The molecule has 2 aromatic carbocycles. The van der Waals surface area contributed by atoms with Crippen LogP contribution >= 0.6 is 0 Å². The minimum absolute atomic E-state index is 0.0727. The first-order chi connectivity index (χ1) is 16.2. The topological polar surface area (TPSA) is 119 Å². The average Bonchev–Trinajstić information content (AvgIpc) is 2.83. The van der Waals surface area contributed by atoms with Crippen LogP contribution in [0.2, 0.25) is 0 Å². The third-order valence-corrected chi connectivity index (χ3v) is 7.19. The van der Waals surface area contributed by atoms with Gasteiger partial charge in [-0.2, -0.15) is 4.31 Å². The fourth-order valence-electron chi connectivity index (χ4n) is 3.29. The molecule has 0 aliphatic carbocycles. The van der Waals surface area contributed by atoms with Crippen molar-refractivity contribution in [2.24, 2.45) is 0 Å². The Morgan fingerprint density at radius 1 is 1.06 bits per heavy atom. The number of sulfonamides is 1. The van der Waals surface area contributed by atoms with E-state index in [0.29, 0.717) is 18.8 Å². The first-order valence-corrected chi connectivity index (χ1v) is 12.0. The lowest BCUT2D eigenvalue weighted by molar-refractivity contribution is -0.147. The molecule has 1 fully saturated rings. The lowest BCUT2D eigenvalue weighted by Crippen LogP contribution is -2.40. The molecule has 1 amide bonds. The molecule has 0 unspecified atom stereocenters. The van der Waals surface area contributed by atoms with Gasteiger partial charge >= 0.3 is 5.97 Å². The summed E-state index contributed by atoms with van der Waals surface area (Å²) < 4.78 is 50.3. The Morgan fingerprint density at radius 3 is 2.41 bits per heavy atom. The number of esters is 1. The molecule has 0 spiro atoms. The number of hydrogen-bond acceptors (Lipinski definition) is 7. The summed E-state index contributed by atoms with van der Waals surface area (Å²) in [5.74, 6) is -2.22. The maximum atomic E-state index is 12.9. The van der Waals surface area contributed by atoms with Crippen molar-refractivity contribution >= 4 is 33.4 Å². The number of ketones is 1. The summed E-state index contributed by atoms with van der Waals surface area (Å²) in [6.07, 6.45) is -0.386. The van der Waals surface area contributed by atoms with Crippen LogP contribution < -0.4 is 5.32 Å². The van der Waals surface area contributed by atoms with E-state index in [0.717, 1.165) is 12.1 Å². The van der Waals surface area contributed by atoms with E-state index in [1.54, 1.807) is 19.1 Å². The maximum Gasteiger partial charge on any atom is 0.306 e. The Hall–Kier alpha value is -3.15. The van der Waals surface area contributed by atoms with Crippen LogP contribution in [-0.4, -0.2) is 63.3 Å². The van der Waals surface area contributed by atoms with E-state index >= 15 is 0 Å². The molecule has 0 bridgehead atoms. The molecule has 1 N–H and O–H groups in total. The molecular formula is C23H25FN2O7S. The van der Waals surface area contributed by atoms with Crippen LogP contribution in [0.3, 0.4) is 0 Å². The Kier molecular flexibility index (Phi) is 8.48. The highest BCUT2D eigenvalue weighted by Gasteiger charge is 2.28. The van der Waals surface area contributed by atoms with Gasteiger partial charge in [0.25, 0.3) is 5.91 Å². The van der Waals surface area contributed by atoms with Crippen molar-refractivity contribution in [3.8, 4) is 0 Å². The van der Waals surface area contributed by atoms with Crippen LogP contribution in [0.25, 0.3) is 0 Å². The second-order valence-corrected chi connectivity index (χ2v) is 9.54. The normalized spacial score (nSPS) is 14.4. The van der Waals surface area contributed by atoms with Crippen molar-refractivity contribution in [2.45, 2.75) is 24.7 Å². The number of halogens is 1. The molecule has 2 aromatic rings. The van der Waals surface area contributed by atoms with Crippen molar-refractivity contribution < 1.29 is 36.7 Å². The van der Waals surface area contributed by atoms with Crippen LogP contribution in [-0.2, 0) is 29.1 Å². The minimum Gasteiger partial charge on any atom is -0.456 e. The first kappa shape index (κ1) is 25.5. The van der Waals surface area contributed by atoms with Gasteiger partial charge in [-0.1, -0.05) is 6.07 Å². The number of Topliss-reactive ketones (excluding diaryl/α,β-unsaturated/α-hetero) is 1. The highest BCUT2D eigenvalue weighted by Crippen LogP contribution is 2.24. The van der Waals surface area contributed by atoms with Crippen molar-refractivity contribution in [3.05, 3.63) is 59.4 Å². The highest BCUT2D eigenvalue weighted by atomic mass is 32.2. The zero-order valence-electron chi connectivity index (χ0n) is 18.6. The van der Waals surface area contributed by atoms with E-state index in [1.165, 1.54) is 22.5 Å². The van der Waals surface area contributed by atoms with Crippen molar-refractivity contribution in [1.82, 2.24) is 4.31 Å². The summed E-state index contributed by atoms with van der Waals surface area (Å²) in [5.41, 5.74) is 1.04. The quantitative estimate of drug-likeness (QED) is 0.421. The van der Waals surface area contributed by atoms with Crippen LogP contribution in [0.4, 0.5) is 10.1 Å². The number of ether oxygens (including phenoxy) is 2. The first-order valence-electron chi connectivity index (χ1n) is 10.6. The number of carbonyl (C=O) groups is 3. The number of nitrogens with one attached hydrogen (secondary N) is 1. The molecule has 0 saturated carbocycles. The lowest BCUT2D eigenvalue weighted by atomic mass is 10.1. The van der Waals surface area contributed by atoms with Crippen LogP contribution in [0, 0.1) is 12.7 Å². The Bertz CT molecular complexity index is 1160. The molecule has 3 rings (SSSR count). The van der Waals surface area contributed by atoms with Crippen molar-refractivity contribution in [2.75, 3.05) is 38.2 Å². The van der Waals surface area contributed by atoms with Gasteiger partial charge in [-0.15, -0.1) is 0 Å². The van der Waals surface area contributed by atoms with Crippen molar-refractivity contribution in [3.63, 3.8) is 0 Å². The molecule has 34 heavy (non-hydrogen) atoms. The number of carbonyl (C=O) groups excluding carboxylic acids is 3. The predicted octanol–water partition coefficient (Wildman–Crippen LogP) is 2.30. The second-order valence-electron chi connectivity index (χ2n) is 7.64. The number of aryl methyl sites for hydroxylation is 1. The summed E-state index contributed by atoms with van der Waals surface area (Å²) in [7, 11) is -3.75. The number of morpholine rings is 1. The van der Waals surface area contributed by atoms with Gasteiger partial charge in [-0.25, -0.2) is 12.8 Å². The van der Waals surface area contributed by atoms with Gasteiger partial charge in [-0.05, 0) is 48.9 Å². The third kappa shape index (κ3) is 6.69. The second kappa shape index (κ2) is 11.3.